The van der Waals surface area contributed by atoms with Crippen LogP contribution in [0.5, 0.6) is 5.75 Å². The van der Waals surface area contributed by atoms with Crippen LogP contribution in [0.15, 0.2) is 18.2 Å². The molecule has 5 nitrogen and oxygen atoms in total. The summed E-state index contributed by atoms with van der Waals surface area (Å²) in [6.45, 7) is 0.845. The van der Waals surface area contributed by atoms with Crippen LogP contribution in [0.25, 0.3) is 0 Å². The van der Waals surface area contributed by atoms with E-state index >= 15 is 0 Å². The molecule has 21 heavy (non-hydrogen) atoms. The van der Waals surface area contributed by atoms with Crippen molar-refractivity contribution in [3.8, 4) is 18.1 Å². The van der Waals surface area contributed by atoms with Crippen LogP contribution in [0.3, 0.4) is 0 Å². The molecule has 0 bridgehead atoms. The zero-order valence-electron chi connectivity index (χ0n) is 11.5. The van der Waals surface area contributed by atoms with Crippen molar-refractivity contribution in [3.63, 3.8) is 0 Å². The summed E-state index contributed by atoms with van der Waals surface area (Å²) in [6.07, 6.45) is 6.01. The zero-order chi connectivity index (χ0) is 15.2. The number of rotatable bonds is 3. The average Bonchev–Trinajstić information content (AvgIpc) is 2.46. The number of aliphatic hydroxyl groups is 1. The van der Waals surface area contributed by atoms with Gasteiger partial charge in [-0.1, -0.05) is 5.92 Å². The van der Waals surface area contributed by atoms with Crippen molar-refractivity contribution in [1.29, 1.82) is 0 Å². The molecule has 1 aromatic rings. The van der Waals surface area contributed by atoms with Gasteiger partial charge in [0, 0.05) is 19.2 Å². The molecule has 0 spiro atoms. The molecule has 1 saturated heterocycles. The maximum Gasteiger partial charge on any atom is 0.322 e. The van der Waals surface area contributed by atoms with Gasteiger partial charge in [0.05, 0.1) is 11.8 Å². The smallest absolute Gasteiger partial charge is 0.322 e. The second-order valence-corrected chi connectivity index (χ2v) is 4.81. The molecular formula is C15H17FN2O3. The third-order valence-corrected chi connectivity index (χ3v) is 3.18. The third-order valence-electron chi connectivity index (χ3n) is 3.18. The molecule has 1 unspecified atom stereocenters. The Kier molecular flexibility index (Phi) is 5.01. The molecule has 0 aromatic heterocycles. The highest BCUT2D eigenvalue weighted by Gasteiger charge is 2.22. The predicted molar refractivity (Wildman–Crippen MR) is 76.6 cm³/mol. The summed E-state index contributed by atoms with van der Waals surface area (Å²) in [7, 11) is 0. The molecule has 0 aliphatic carbocycles. The lowest BCUT2D eigenvalue weighted by atomic mass is 10.1. The van der Waals surface area contributed by atoms with Gasteiger partial charge in [0.2, 0.25) is 0 Å². The van der Waals surface area contributed by atoms with E-state index in [9.17, 15) is 14.3 Å². The highest BCUT2D eigenvalue weighted by atomic mass is 19.1. The third kappa shape index (κ3) is 4.10. The zero-order valence-corrected chi connectivity index (χ0v) is 11.5. The molecule has 1 aromatic carbocycles. The van der Waals surface area contributed by atoms with E-state index in [1.54, 1.807) is 0 Å². The molecule has 1 fully saturated rings. The van der Waals surface area contributed by atoms with E-state index in [2.05, 4.69) is 11.2 Å². The van der Waals surface area contributed by atoms with Gasteiger partial charge >= 0.3 is 6.03 Å². The first-order valence-corrected chi connectivity index (χ1v) is 6.70. The molecule has 6 heteroatoms. The molecule has 1 aliphatic heterocycles. The fourth-order valence-corrected chi connectivity index (χ4v) is 2.18. The second-order valence-electron chi connectivity index (χ2n) is 4.81. The number of nitrogens with one attached hydrogen (secondary N) is 1. The molecule has 0 saturated carbocycles. The van der Waals surface area contributed by atoms with Crippen molar-refractivity contribution in [2.45, 2.75) is 18.9 Å². The molecule has 1 heterocycles. The number of hydrogen-bond donors (Lipinski definition) is 2. The van der Waals surface area contributed by atoms with Crippen LogP contribution in [-0.2, 0) is 0 Å². The number of benzene rings is 1. The summed E-state index contributed by atoms with van der Waals surface area (Å²) in [6, 6.07) is 3.41. The number of amides is 2. The minimum absolute atomic E-state index is 0.0247. The molecule has 1 atom stereocenters. The summed E-state index contributed by atoms with van der Waals surface area (Å²) < 4.78 is 18.6. The van der Waals surface area contributed by atoms with E-state index in [0.29, 0.717) is 18.7 Å². The van der Waals surface area contributed by atoms with Crippen LogP contribution in [0, 0.1) is 18.2 Å². The Hall–Kier alpha value is -2.26. The van der Waals surface area contributed by atoms with E-state index in [1.807, 2.05) is 0 Å². The Balaban J connectivity index is 2.08. The van der Waals surface area contributed by atoms with Gasteiger partial charge in [-0.05, 0) is 25.0 Å². The van der Waals surface area contributed by atoms with Crippen molar-refractivity contribution in [2.75, 3.05) is 25.0 Å². The van der Waals surface area contributed by atoms with E-state index in [1.165, 1.54) is 23.1 Å². The van der Waals surface area contributed by atoms with Crippen molar-refractivity contribution in [1.82, 2.24) is 4.90 Å². The normalized spacial score (nSPS) is 18.0. The lowest BCUT2D eigenvalue weighted by molar-refractivity contribution is 0.0883. The second kappa shape index (κ2) is 6.95. The lowest BCUT2D eigenvalue weighted by Gasteiger charge is -2.30. The van der Waals surface area contributed by atoms with Gasteiger partial charge in [0.15, 0.2) is 0 Å². The van der Waals surface area contributed by atoms with Crippen molar-refractivity contribution in [3.05, 3.63) is 24.0 Å². The largest absolute Gasteiger partial charge is 0.479 e. The maximum absolute atomic E-state index is 13.3. The number of hydrogen-bond acceptors (Lipinski definition) is 3. The fourth-order valence-electron chi connectivity index (χ4n) is 2.18. The van der Waals surface area contributed by atoms with Crippen LogP contribution in [0.4, 0.5) is 14.9 Å². The van der Waals surface area contributed by atoms with E-state index < -0.39 is 18.0 Å². The number of ether oxygens (including phenoxy) is 1. The van der Waals surface area contributed by atoms with Gasteiger partial charge in [0.25, 0.3) is 0 Å². The summed E-state index contributed by atoms with van der Waals surface area (Å²) in [5.74, 6) is 2.13. The first kappa shape index (κ1) is 15.1. The van der Waals surface area contributed by atoms with E-state index in [0.717, 1.165) is 6.42 Å². The number of terminal acetylenes is 1. The number of β-amino-alcohol motifs (C(OH)–C–C–N with tert-alkyl or cyclic N) is 1. The summed E-state index contributed by atoms with van der Waals surface area (Å²) in [4.78, 5) is 13.6. The topological polar surface area (TPSA) is 61.8 Å². The number of anilines is 1. The number of urea groups is 1. The first-order valence-electron chi connectivity index (χ1n) is 6.70. The van der Waals surface area contributed by atoms with Crippen molar-refractivity contribution < 1.29 is 19.0 Å². The number of likely N-dealkylation sites (tertiary alicyclic amines) is 1. The molecule has 1 aliphatic rings. The van der Waals surface area contributed by atoms with Gasteiger partial charge in [0.1, 0.15) is 18.2 Å². The van der Waals surface area contributed by atoms with E-state index in [4.69, 9.17) is 11.2 Å². The van der Waals surface area contributed by atoms with Crippen LogP contribution in [0.1, 0.15) is 12.8 Å². The number of aliphatic hydroxyl groups excluding tert-OH is 1. The van der Waals surface area contributed by atoms with Crippen molar-refractivity contribution >= 4 is 11.7 Å². The molecule has 2 rings (SSSR count). The average molecular weight is 292 g/mol. The molecule has 2 amide bonds. The van der Waals surface area contributed by atoms with E-state index in [-0.39, 0.29) is 18.8 Å². The van der Waals surface area contributed by atoms with Crippen LogP contribution < -0.4 is 10.1 Å². The standard InChI is InChI=1S/C15H17FN2O3/c1-2-8-21-14-6-5-11(16)9-13(14)17-15(20)18-7-3-4-12(19)10-18/h1,5-6,9,12,19H,3-4,7-8,10H2,(H,17,20). The molecule has 112 valence electrons. The van der Waals surface area contributed by atoms with Gasteiger partial charge in [-0.15, -0.1) is 6.42 Å². The Bertz CT molecular complexity index is 556. The Morgan fingerprint density at radius 1 is 1.62 bits per heavy atom. The molecular weight excluding hydrogens is 275 g/mol. The van der Waals surface area contributed by atoms with Crippen LogP contribution >= 0.6 is 0 Å². The Morgan fingerprint density at radius 2 is 2.43 bits per heavy atom. The van der Waals surface area contributed by atoms with Gasteiger partial charge in [-0.2, -0.15) is 0 Å². The first-order chi connectivity index (χ1) is 10.1. The molecule has 2 N–H and O–H groups in total. The predicted octanol–water partition coefficient (Wildman–Crippen LogP) is 1.83. The number of carbonyl (C=O) groups is 1. The van der Waals surface area contributed by atoms with Crippen LogP contribution in [-0.4, -0.2) is 41.8 Å². The highest BCUT2D eigenvalue weighted by Crippen LogP contribution is 2.26. The monoisotopic (exact) mass is 292 g/mol. The van der Waals surface area contributed by atoms with Gasteiger partial charge < -0.3 is 20.1 Å². The summed E-state index contributed by atoms with van der Waals surface area (Å²) >= 11 is 0. The minimum atomic E-state index is -0.519. The van der Waals surface area contributed by atoms with Gasteiger partial charge in [-0.3, -0.25) is 0 Å². The quantitative estimate of drug-likeness (QED) is 0.836. The number of halogens is 1. The van der Waals surface area contributed by atoms with Crippen LogP contribution in [0.2, 0.25) is 0 Å². The van der Waals surface area contributed by atoms with Crippen molar-refractivity contribution in [2.24, 2.45) is 0 Å². The van der Waals surface area contributed by atoms with Gasteiger partial charge in [-0.25, -0.2) is 9.18 Å². The Labute approximate surface area is 122 Å². The minimum Gasteiger partial charge on any atom is -0.479 e. The Morgan fingerprint density at radius 3 is 3.14 bits per heavy atom. The fraction of sp³-hybridized carbons (Fsp3) is 0.400. The highest BCUT2D eigenvalue weighted by molar-refractivity contribution is 5.91. The number of piperidine rings is 1. The number of carbonyl (C=O) groups excluding carboxylic acids is 1. The lowest BCUT2D eigenvalue weighted by Crippen LogP contribution is -2.44. The summed E-state index contributed by atoms with van der Waals surface area (Å²) in [5, 5.41) is 12.2. The maximum atomic E-state index is 13.3. The summed E-state index contributed by atoms with van der Waals surface area (Å²) in [5.41, 5.74) is 0.218. The number of nitrogens with zero attached hydrogens (tertiary/aromatic N) is 1. The molecule has 0 radical (unpaired) electrons. The SMILES string of the molecule is C#CCOc1ccc(F)cc1NC(=O)N1CCCC(O)C1.